The predicted molar refractivity (Wildman–Crippen MR) is 99.2 cm³/mol. The lowest BCUT2D eigenvalue weighted by Crippen LogP contribution is -2.24. The summed E-state index contributed by atoms with van der Waals surface area (Å²) in [6.07, 6.45) is 0.914. The Kier molecular flexibility index (Phi) is 6.37. The lowest BCUT2D eigenvalue weighted by Gasteiger charge is -2.07. The van der Waals surface area contributed by atoms with Crippen LogP contribution in [0.4, 0.5) is 5.69 Å². The van der Waals surface area contributed by atoms with Gasteiger partial charge < -0.3 is 16.4 Å². The van der Waals surface area contributed by atoms with Gasteiger partial charge in [0.25, 0.3) is 5.91 Å². The summed E-state index contributed by atoms with van der Waals surface area (Å²) in [4.78, 5) is 16.3. The highest BCUT2D eigenvalue weighted by molar-refractivity contribution is 5.94. The molecular formula is C19H24N4O. The van der Waals surface area contributed by atoms with Crippen molar-refractivity contribution in [1.82, 2.24) is 5.32 Å². The number of aryl methyl sites for hydroxylation is 1. The third-order valence-electron chi connectivity index (χ3n) is 3.48. The molecule has 5 nitrogen and oxygen atoms in total. The van der Waals surface area contributed by atoms with Crippen LogP contribution in [0, 0.1) is 6.92 Å². The molecule has 0 aromatic heterocycles. The molecule has 5 heteroatoms. The van der Waals surface area contributed by atoms with E-state index in [4.69, 9.17) is 5.73 Å². The maximum absolute atomic E-state index is 12.0. The topological polar surface area (TPSA) is 79.5 Å². The molecule has 24 heavy (non-hydrogen) atoms. The average Bonchev–Trinajstić information content (AvgIpc) is 2.60. The van der Waals surface area contributed by atoms with Crippen molar-refractivity contribution in [2.45, 2.75) is 26.8 Å². The lowest BCUT2D eigenvalue weighted by molar-refractivity contribution is 0.0953. The van der Waals surface area contributed by atoms with Crippen LogP contribution in [-0.2, 0) is 6.54 Å². The fourth-order valence-electron chi connectivity index (χ4n) is 2.15. The zero-order valence-corrected chi connectivity index (χ0v) is 14.2. The van der Waals surface area contributed by atoms with E-state index in [2.05, 4.69) is 15.6 Å². The van der Waals surface area contributed by atoms with Crippen LogP contribution in [0.3, 0.4) is 0 Å². The molecule has 0 saturated carbocycles. The van der Waals surface area contributed by atoms with Crippen LogP contribution in [0.15, 0.2) is 53.5 Å². The minimum Gasteiger partial charge on any atom is -0.370 e. The number of carbonyl (C=O) groups is 1. The molecule has 0 atom stereocenters. The van der Waals surface area contributed by atoms with Crippen molar-refractivity contribution in [3.05, 3.63) is 65.2 Å². The highest BCUT2D eigenvalue weighted by Crippen LogP contribution is 2.09. The molecular weight excluding hydrogens is 300 g/mol. The molecule has 1 amide bonds. The SMILES string of the molecule is CCCNC(=O)c1cccc(CN=C(N)Nc2ccc(C)cc2)c1. The molecule has 0 aliphatic rings. The smallest absolute Gasteiger partial charge is 0.251 e. The van der Waals surface area contributed by atoms with Gasteiger partial charge in [0.1, 0.15) is 0 Å². The molecule has 126 valence electrons. The molecule has 0 heterocycles. The largest absolute Gasteiger partial charge is 0.370 e. The summed E-state index contributed by atoms with van der Waals surface area (Å²) in [6, 6.07) is 15.4. The van der Waals surface area contributed by atoms with Crippen molar-refractivity contribution in [3.63, 3.8) is 0 Å². The van der Waals surface area contributed by atoms with Gasteiger partial charge in [0.15, 0.2) is 5.96 Å². The van der Waals surface area contributed by atoms with Gasteiger partial charge in [0.05, 0.1) is 6.54 Å². The van der Waals surface area contributed by atoms with E-state index in [0.29, 0.717) is 24.6 Å². The Hall–Kier alpha value is -2.82. The second kappa shape index (κ2) is 8.72. The number of aliphatic imine (C=N–C) groups is 1. The van der Waals surface area contributed by atoms with Gasteiger partial charge in [-0.25, -0.2) is 4.99 Å². The normalized spacial score (nSPS) is 11.2. The predicted octanol–water partition coefficient (Wildman–Crippen LogP) is 3.06. The first kappa shape index (κ1) is 17.5. The zero-order valence-electron chi connectivity index (χ0n) is 14.2. The Bertz CT molecular complexity index is 708. The second-order valence-electron chi connectivity index (χ2n) is 5.65. The van der Waals surface area contributed by atoms with E-state index < -0.39 is 0 Å². The number of carbonyl (C=O) groups excluding carboxylic acids is 1. The van der Waals surface area contributed by atoms with Crippen LogP contribution >= 0.6 is 0 Å². The number of nitrogens with two attached hydrogens (primary N) is 1. The summed E-state index contributed by atoms with van der Waals surface area (Å²) in [7, 11) is 0. The van der Waals surface area contributed by atoms with Crippen LogP contribution in [0.5, 0.6) is 0 Å². The number of benzene rings is 2. The van der Waals surface area contributed by atoms with Crippen LogP contribution < -0.4 is 16.4 Å². The Morgan fingerprint density at radius 2 is 1.92 bits per heavy atom. The van der Waals surface area contributed by atoms with Gasteiger partial charge in [-0.15, -0.1) is 0 Å². The zero-order chi connectivity index (χ0) is 17.4. The van der Waals surface area contributed by atoms with Gasteiger partial charge in [-0.05, 0) is 43.2 Å². The standard InChI is InChI=1S/C19H24N4O/c1-3-11-21-18(24)16-6-4-5-15(12-16)13-22-19(20)23-17-9-7-14(2)8-10-17/h4-10,12H,3,11,13H2,1-2H3,(H,21,24)(H3,20,22,23). The molecule has 0 bridgehead atoms. The average molecular weight is 324 g/mol. The molecule has 2 aromatic rings. The van der Waals surface area contributed by atoms with E-state index in [9.17, 15) is 4.79 Å². The number of guanidine groups is 1. The third-order valence-corrected chi connectivity index (χ3v) is 3.48. The number of hydrogen-bond acceptors (Lipinski definition) is 2. The number of anilines is 1. The van der Waals surface area contributed by atoms with Gasteiger partial charge in [-0.1, -0.05) is 36.8 Å². The second-order valence-corrected chi connectivity index (χ2v) is 5.65. The van der Waals surface area contributed by atoms with Crippen molar-refractivity contribution in [1.29, 1.82) is 0 Å². The highest BCUT2D eigenvalue weighted by atomic mass is 16.1. The maximum atomic E-state index is 12.0. The van der Waals surface area contributed by atoms with E-state index in [-0.39, 0.29) is 5.91 Å². The lowest BCUT2D eigenvalue weighted by atomic mass is 10.1. The molecule has 2 aromatic carbocycles. The van der Waals surface area contributed by atoms with Gasteiger partial charge >= 0.3 is 0 Å². The third kappa shape index (κ3) is 5.43. The van der Waals surface area contributed by atoms with E-state index in [1.807, 2.05) is 56.3 Å². The molecule has 0 radical (unpaired) electrons. The van der Waals surface area contributed by atoms with E-state index >= 15 is 0 Å². The fourth-order valence-corrected chi connectivity index (χ4v) is 2.15. The van der Waals surface area contributed by atoms with Crippen molar-refractivity contribution in [2.24, 2.45) is 10.7 Å². The van der Waals surface area contributed by atoms with Gasteiger partial charge in [-0.2, -0.15) is 0 Å². The van der Waals surface area contributed by atoms with Crippen LogP contribution in [-0.4, -0.2) is 18.4 Å². The highest BCUT2D eigenvalue weighted by Gasteiger charge is 2.05. The number of hydrogen-bond donors (Lipinski definition) is 3. The van der Waals surface area contributed by atoms with Crippen molar-refractivity contribution in [2.75, 3.05) is 11.9 Å². The molecule has 4 N–H and O–H groups in total. The molecule has 0 unspecified atom stereocenters. The number of rotatable bonds is 6. The van der Waals surface area contributed by atoms with Gasteiger partial charge in [0.2, 0.25) is 0 Å². The molecule has 0 saturated heterocycles. The summed E-state index contributed by atoms with van der Waals surface area (Å²) in [5.41, 5.74) is 9.58. The van der Waals surface area contributed by atoms with Crippen molar-refractivity contribution in [3.8, 4) is 0 Å². The number of nitrogens with one attached hydrogen (secondary N) is 2. The van der Waals surface area contributed by atoms with Crippen LogP contribution in [0.1, 0.15) is 34.8 Å². The van der Waals surface area contributed by atoms with E-state index in [0.717, 1.165) is 17.7 Å². The minimum atomic E-state index is -0.0616. The summed E-state index contributed by atoms with van der Waals surface area (Å²) in [6.45, 7) is 5.15. The minimum absolute atomic E-state index is 0.0616. The molecule has 0 spiro atoms. The first-order valence-corrected chi connectivity index (χ1v) is 8.09. The quantitative estimate of drug-likeness (QED) is 0.564. The Morgan fingerprint density at radius 3 is 2.62 bits per heavy atom. The summed E-state index contributed by atoms with van der Waals surface area (Å²) >= 11 is 0. The molecule has 0 fully saturated rings. The van der Waals surface area contributed by atoms with E-state index in [1.165, 1.54) is 5.56 Å². The number of nitrogens with zero attached hydrogens (tertiary/aromatic N) is 1. The first-order chi connectivity index (χ1) is 11.6. The molecule has 2 rings (SSSR count). The van der Waals surface area contributed by atoms with E-state index in [1.54, 1.807) is 6.07 Å². The maximum Gasteiger partial charge on any atom is 0.251 e. The fraction of sp³-hybridized carbons (Fsp3) is 0.263. The molecule has 0 aliphatic carbocycles. The summed E-state index contributed by atoms with van der Waals surface area (Å²) < 4.78 is 0. The van der Waals surface area contributed by atoms with Crippen LogP contribution in [0.25, 0.3) is 0 Å². The van der Waals surface area contributed by atoms with Crippen molar-refractivity contribution >= 4 is 17.6 Å². The summed E-state index contributed by atoms with van der Waals surface area (Å²) in [5.74, 6) is 0.285. The Labute approximate surface area is 143 Å². The number of amides is 1. The first-order valence-electron chi connectivity index (χ1n) is 8.09. The summed E-state index contributed by atoms with van der Waals surface area (Å²) in [5, 5.41) is 5.92. The monoisotopic (exact) mass is 324 g/mol. The molecule has 0 aliphatic heterocycles. The Balaban J connectivity index is 1.97. The van der Waals surface area contributed by atoms with Gasteiger partial charge in [-0.3, -0.25) is 4.79 Å². The Morgan fingerprint density at radius 1 is 1.17 bits per heavy atom. The van der Waals surface area contributed by atoms with Gasteiger partial charge in [0, 0.05) is 17.8 Å². The van der Waals surface area contributed by atoms with Crippen molar-refractivity contribution < 1.29 is 4.79 Å². The van der Waals surface area contributed by atoms with Crippen LogP contribution in [0.2, 0.25) is 0 Å².